The molecule has 0 aliphatic heterocycles. The van der Waals surface area contributed by atoms with Crippen LogP contribution in [0.15, 0.2) is 17.2 Å². The van der Waals surface area contributed by atoms with Crippen LogP contribution in [0.2, 0.25) is 5.15 Å². The number of rotatable bonds is 2. The van der Waals surface area contributed by atoms with Gasteiger partial charge in [0.2, 0.25) is 10.9 Å². The van der Waals surface area contributed by atoms with E-state index in [0.717, 1.165) is 4.52 Å². The van der Waals surface area contributed by atoms with Gasteiger partial charge in [-0.1, -0.05) is 11.6 Å². The largest absolute Gasteiger partial charge is 0.480 e. The molecule has 0 bridgehead atoms. The predicted octanol–water partition coefficient (Wildman–Crippen LogP) is 0.0387. The number of primary sulfonamides is 1. The molecule has 0 saturated heterocycles. The van der Waals surface area contributed by atoms with Crippen molar-refractivity contribution in [3.63, 3.8) is 0 Å². The van der Waals surface area contributed by atoms with Crippen molar-refractivity contribution in [2.24, 2.45) is 5.14 Å². The lowest BCUT2D eigenvalue weighted by molar-refractivity contribution is 0.388. The van der Waals surface area contributed by atoms with Crippen molar-refractivity contribution in [2.75, 3.05) is 7.11 Å². The molecule has 0 atom stereocenters. The van der Waals surface area contributed by atoms with E-state index in [2.05, 4.69) is 10.1 Å². The zero-order chi connectivity index (χ0) is 11.9. The minimum atomic E-state index is -3.99. The van der Waals surface area contributed by atoms with E-state index < -0.39 is 10.0 Å². The van der Waals surface area contributed by atoms with Crippen LogP contribution in [0.1, 0.15) is 0 Å². The molecule has 2 aromatic heterocycles. The molecule has 2 heterocycles. The summed E-state index contributed by atoms with van der Waals surface area (Å²) < 4.78 is 28.4. The van der Waals surface area contributed by atoms with Gasteiger partial charge in [0.25, 0.3) is 10.0 Å². The minimum Gasteiger partial charge on any atom is -0.480 e. The van der Waals surface area contributed by atoms with Gasteiger partial charge in [-0.2, -0.15) is 4.52 Å². The molecule has 7 nitrogen and oxygen atoms in total. The molecule has 0 aliphatic rings. The zero-order valence-electron chi connectivity index (χ0n) is 8.08. The summed E-state index contributed by atoms with van der Waals surface area (Å²) in [5, 5.41) is 8.30. The van der Waals surface area contributed by atoms with Gasteiger partial charge in [-0.3, -0.25) is 0 Å². The molecule has 0 aliphatic carbocycles. The first-order valence-electron chi connectivity index (χ1n) is 4.05. The Morgan fingerprint density at radius 2 is 2.19 bits per heavy atom. The number of nitrogens with two attached hydrogens (primary N) is 1. The zero-order valence-corrected chi connectivity index (χ0v) is 9.66. The van der Waals surface area contributed by atoms with Crippen LogP contribution in [0.3, 0.4) is 0 Å². The van der Waals surface area contributed by atoms with Crippen LogP contribution >= 0.6 is 11.6 Å². The first-order chi connectivity index (χ1) is 7.43. The third kappa shape index (κ3) is 1.70. The van der Waals surface area contributed by atoms with Crippen molar-refractivity contribution in [3.05, 3.63) is 17.3 Å². The van der Waals surface area contributed by atoms with Crippen LogP contribution in [-0.4, -0.2) is 30.1 Å². The quantitative estimate of drug-likeness (QED) is 0.824. The lowest BCUT2D eigenvalue weighted by Gasteiger charge is -2.00. The number of aromatic nitrogens is 3. The van der Waals surface area contributed by atoms with Gasteiger partial charge in [-0.15, -0.1) is 5.10 Å². The Kier molecular flexibility index (Phi) is 2.49. The highest BCUT2D eigenvalue weighted by atomic mass is 35.5. The van der Waals surface area contributed by atoms with E-state index in [1.165, 1.54) is 19.2 Å². The number of hydrogen-bond acceptors (Lipinski definition) is 5. The average molecular weight is 263 g/mol. The van der Waals surface area contributed by atoms with E-state index in [0.29, 0.717) is 0 Å². The van der Waals surface area contributed by atoms with Crippen molar-refractivity contribution in [2.45, 2.75) is 5.03 Å². The van der Waals surface area contributed by atoms with Gasteiger partial charge in [-0.25, -0.2) is 18.5 Å². The van der Waals surface area contributed by atoms with E-state index >= 15 is 0 Å². The topological polar surface area (TPSA) is 99.6 Å². The van der Waals surface area contributed by atoms with Crippen molar-refractivity contribution in [1.29, 1.82) is 0 Å². The van der Waals surface area contributed by atoms with Gasteiger partial charge in [0.05, 0.1) is 7.11 Å². The first kappa shape index (κ1) is 11.1. The third-order valence-corrected chi connectivity index (χ3v) is 3.13. The monoisotopic (exact) mass is 262 g/mol. The van der Waals surface area contributed by atoms with Crippen LogP contribution in [0.4, 0.5) is 0 Å². The van der Waals surface area contributed by atoms with Gasteiger partial charge in [0.15, 0.2) is 10.8 Å². The highest BCUT2D eigenvalue weighted by Gasteiger charge is 2.21. The minimum absolute atomic E-state index is 0.219. The van der Waals surface area contributed by atoms with Gasteiger partial charge < -0.3 is 4.74 Å². The Hall–Kier alpha value is -1.38. The average Bonchev–Trinajstić information content (AvgIpc) is 2.51. The molecule has 2 rings (SSSR count). The van der Waals surface area contributed by atoms with Gasteiger partial charge >= 0.3 is 0 Å². The molecule has 0 spiro atoms. The van der Waals surface area contributed by atoms with Crippen molar-refractivity contribution in [3.8, 4) is 5.88 Å². The maximum absolute atomic E-state index is 11.3. The first-order valence-corrected chi connectivity index (χ1v) is 5.98. The second-order valence-corrected chi connectivity index (χ2v) is 4.73. The van der Waals surface area contributed by atoms with E-state index in [1.54, 1.807) is 0 Å². The predicted molar refractivity (Wildman–Crippen MR) is 55.9 cm³/mol. The molecule has 0 saturated carbocycles. The van der Waals surface area contributed by atoms with Gasteiger partial charge in [0.1, 0.15) is 0 Å². The Labute approximate surface area is 95.8 Å². The van der Waals surface area contributed by atoms with Crippen LogP contribution in [0, 0.1) is 0 Å². The molecular formula is C7H7ClN4O3S. The summed E-state index contributed by atoms with van der Waals surface area (Å²) in [4.78, 5) is 3.81. The summed E-state index contributed by atoms with van der Waals surface area (Å²) in [6.07, 6.45) is 0. The summed E-state index contributed by atoms with van der Waals surface area (Å²) in [5.74, 6) is 0.228. The van der Waals surface area contributed by atoms with Gasteiger partial charge in [-0.05, 0) is 6.07 Å². The molecule has 2 aromatic rings. The third-order valence-electron chi connectivity index (χ3n) is 1.85. The van der Waals surface area contributed by atoms with Crippen LogP contribution in [-0.2, 0) is 10.0 Å². The lowest BCUT2D eigenvalue weighted by Crippen LogP contribution is -2.16. The van der Waals surface area contributed by atoms with E-state index in [4.69, 9.17) is 21.5 Å². The molecule has 0 aromatic carbocycles. The highest BCUT2D eigenvalue weighted by molar-refractivity contribution is 7.89. The molecule has 86 valence electrons. The Morgan fingerprint density at radius 3 is 2.75 bits per heavy atom. The number of imidazole rings is 1. The van der Waals surface area contributed by atoms with Crippen LogP contribution in [0.25, 0.3) is 5.65 Å². The van der Waals surface area contributed by atoms with Crippen LogP contribution in [0.5, 0.6) is 5.88 Å². The second kappa shape index (κ2) is 3.58. The van der Waals surface area contributed by atoms with Crippen LogP contribution < -0.4 is 9.88 Å². The standard InChI is InChI=1S/C7H7ClN4O3S/c1-15-5-3-2-4-10-6(8)7(12(4)11-5)16(9,13)14/h2-3H,1H3,(H2,9,13,14). The van der Waals surface area contributed by atoms with Crippen molar-refractivity contribution < 1.29 is 13.2 Å². The molecule has 0 amide bonds. The molecular weight excluding hydrogens is 256 g/mol. The fraction of sp³-hybridized carbons (Fsp3) is 0.143. The SMILES string of the molecule is COc1ccc2nc(Cl)c(S(N)(=O)=O)n2n1. The number of methoxy groups -OCH3 is 1. The molecule has 16 heavy (non-hydrogen) atoms. The summed E-state index contributed by atoms with van der Waals surface area (Å²) in [7, 11) is -2.59. The fourth-order valence-corrected chi connectivity index (χ4v) is 2.36. The summed E-state index contributed by atoms with van der Waals surface area (Å²) >= 11 is 5.68. The normalized spacial score (nSPS) is 11.9. The Bertz CT molecular complexity index is 651. The van der Waals surface area contributed by atoms with E-state index in [1.807, 2.05) is 0 Å². The number of sulfonamides is 1. The maximum Gasteiger partial charge on any atom is 0.258 e. The Balaban J connectivity index is 2.87. The van der Waals surface area contributed by atoms with Gasteiger partial charge in [0, 0.05) is 6.07 Å². The fourth-order valence-electron chi connectivity index (χ4n) is 1.22. The summed E-state index contributed by atoms with van der Waals surface area (Å²) in [6.45, 7) is 0. The number of nitrogens with zero attached hydrogens (tertiary/aromatic N) is 3. The number of ether oxygens (including phenoxy) is 1. The highest BCUT2D eigenvalue weighted by Crippen LogP contribution is 2.21. The number of fused-ring (bicyclic) bond motifs is 1. The summed E-state index contributed by atoms with van der Waals surface area (Å²) in [6, 6.07) is 3.05. The molecule has 2 N–H and O–H groups in total. The molecule has 0 radical (unpaired) electrons. The molecule has 9 heteroatoms. The summed E-state index contributed by atoms with van der Waals surface area (Å²) in [5.41, 5.74) is 0.273. The van der Waals surface area contributed by atoms with E-state index in [-0.39, 0.29) is 21.7 Å². The van der Waals surface area contributed by atoms with Crippen molar-refractivity contribution >= 4 is 27.3 Å². The number of hydrogen-bond donors (Lipinski definition) is 1. The molecule has 0 unspecified atom stereocenters. The number of halogens is 1. The van der Waals surface area contributed by atoms with E-state index in [9.17, 15) is 8.42 Å². The second-order valence-electron chi connectivity index (χ2n) is 2.90. The molecule has 0 fully saturated rings. The van der Waals surface area contributed by atoms with Crippen molar-refractivity contribution in [1.82, 2.24) is 14.6 Å². The lowest BCUT2D eigenvalue weighted by atomic mass is 10.5. The Morgan fingerprint density at radius 1 is 1.50 bits per heavy atom. The smallest absolute Gasteiger partial charge is 0.258 e. The maximum atomic E-state index is 11.3.